The summed E-state index contributed by atoms with van der Waals surface area (Å²) in [6.45, 7) is 6.40. The average Bonchev–Trinajstić information content (AvgIpc) is 3.16. The molecule has 3 rings (SSSR count). The molecule has 8 heteroatoms. The molecule has 1 aromatic heterocycles. The van der Waals surface area contributed by atoms with E-state index in [1.54, 1.807) is 6.08 Å². The molecule has 2 aromatic rings. The molecule has 0 saturated carbocycles. The quantitative estimate of drug-likeness (QED) is 0.260. The van der Waals surface area contributed by atoms with Crippen LogP contribution in [0.25, 0.3) is 11.6 Å². The Morgan fingerprint density at radius 2 is 2.00 bits per heavy atom. The molecule has 0 spiro atoms. The maximum absolute atomic E-state index is 12.6. The van der Waals surface area contributed by atoms with Crippen LogP contribution in [0.5, 0.6) is 0 Å². The summed E-state index contributed by atoms with van der Waals surface area (Å²) < 4.78 is 0. The monoisotopic (exact) mass is 410 g/mol. The number of nitrogens with zero attached hydrogens (tertiary/aromatic N) is 1. The molecule has 0 atom stereocenters. The van der Waals surface area contributed by atoms with Crippen molar-refractivity contribution in [2.24, 2.45) is 0 Å². The fourth-order valence-electron chi connectivity index (χ4n) is 3.68. The molecule has 1 aliphatic heterocycles. The maximum atomic E-state index is 12.6. The van der Waals surface area contributed by atoms with E-state index in [1.807, 2.05) is 13.8 Å². The summed E-state index contributed by atoms with van der Waals surface area (Å²) in [5.74, 6) is -0.478. The molecule has 2 amide bonds. The van der Waals surface area contributed by atoms with Crippen LogP contribution < -0.4 is 10.6 Å². The summed E-state index contributed by atoms with van der Waals surface area (Å²) in [4.78, 5) is 38.9. The Labute approximate surface area is 174 Å². The number of aryl methyl sites for hydroxylation is 1. The number of anilines is 1. The molecule has 0 saturated heterocycles. The highest BCUT2D eigenvalue weighted by atomic mass is 16.6. The van der Waals surface area contributed by atoms with Crippen LogP contribution in [0.4, 0.5) is 11.4 Å². The number of rotatable bonds is 8. The molecule has 1 aliphatic rings. The molecule has 0 bridgehead atoms. The van der Waals surface area contributed by atoms with Crippen LogP contribution in [-0.2, 0) is 4.79 Å². The van der Waals surface area contributed by atoms with E-state index in [0.29, 0.717) is 40.3 Å². The number of nitro benzene ring substituents is 1. The fraction of sp³-hybridized carbons (Fsp3) is 0.364. The van der Waals surface area contributed by atoms with Crippen molar-refractivity contribution < 1.29 is 14.5 Å². The standard InChI is InChI=1S/C22H26N4O4/c1-4-5-6-7-10-23-22(28)20-13(2)19(24-14(20)3)12-17-16-11-15(26(29)30)8-9-18(16)25-21(17)27/h8-9,11-12,24H,4-7,10H2,1-3H3,(H,23,28)(H,25,27)/b17-12-. The third-order valence-corrected chi connectivity index (χ3v) is 5.30. The van der Waals surface area contributed by atoms with E-state index in [0.717, 1.165) is 31.2 Å². The van der Waals surface area contributed by atoms with E-state index in [9.17, 15) is 19.7 Å². The van der Waals surface area contributed by atoms with Gasteiger partial charge in [0.2, 0.25) is 0 Å². The zero-order chi connectivity index (χ0) is 21.8. The molecule has 2 heterocycles. The van der Waals surface area contributed by atoms with Gasteiger partial charge >= 0.3 is 0 Å². The molecular weight excluding hydrogens is 384 g/mol. The van der Waals surface area contributed by atoms with Crippen molar-refractivity contribution in [1.82, 2.24) is 10.3 Å². The number of hydrogen-bond donors (Lipinski definition) is 3. The summed E-state index contributed by atoms with van der Waals surface area (Å²) in [6, 6.07) is 4.26. The van der Waals surface area contributed by atoms with E-state index in [2.05, 4.69) is 22.5 Å². The molecule has 30 heavy (non-hydrogen) atoms. The molecule has 0 aliphatic carbocycles. The summed E-state index contributed by atoms with van der Waals surface area (Å²) in [7, 11) is 0. The van der Waals surface area contributed by atoms with Crippen molar-refractivity contribution in [3.8, 4) is 0 Å². The number of H-pyrrole nitrogens is 1. The first-order valence-electron chi connectivity index (χ1n) is 10.1. The highest BCUT2D eigenvalue weighted by Gasteiger charge is 2.27. The minimum atomic E-state index is -0.492. The third kappa shape index (κ3) is 4.27. The van der Waals surface area contributed by atoms with Crippen molar-refractivity contribution in [3.05, 3.63) is 56.4 Å². The number of hydrogen-bond acceptors (Lipinski definition) is 4. The van der Waals surface area contributed by atoms with Crippen molar-refractivity contribution in [3.63, 3.8) is 0 Å². The summed E-state index contributed by atoms with van der Waals surface area (Å²) in [5, 5.41) is 16.8. The number of non-ortho nitro benzene ring substituents is 1. The number of unbranched alkanes of at least 4 members (excludes halogenated alkanes) is 3. The van der Waals surface area contributed by atoms with Crippen molar-refractivity contribution >= 4 is 34.8 Å². The zero-order valence-corrected chi connectivity index (χ0v) is 17.4. The van der Waals surface area contributed by atoms with Crippen molar-refractivity contribution in [2.45, 2.75) is 46.5 Å². The van der Waals surface area contributed by atoms with E-state index >= 15 is 0 Å². The number of nitro groups is 1. The lowest BCUT2D eigenvalue weighted by Crippen LogP contribution is -2.25. The molecule has 8 nitrogen and oxygen atoms in total. The highest BCUT2D eigenvalue weighted by molar-refractivity contribution is 6.35. The Kier molecular flexibility index (Phi) is 6.34. The van der Waals surface area contributed by atoms with Crippen LogP contribution in [0.15, 0.2) is 18.2 Å². The zero-order valence-electron chi connectivity index (χ0n) is 17.4. The Hall–Kier alpha value is -3.42. The molecule has 0 fully saturated rings. The second-order valence-electron chi connectivity index (χ2n) is 7.48. The minimum absolute atomic E-state index is 0.0846. The van der Waals surface area contributed by atoms with E-state index in [1.165, 1.54) is 18.2 Å². The van der Waals surface area contributed by atoms with Crippen molar-refractivity contribution in [2.75, 3.05) is 11.9 Å². The van der Waals surface area contributed by atoms with E-state index in [-0.39, 0.29) is 17.5 Å². The molecule has 0 unspecified atom stereocenters. The third-order valence-electron chi connectivity index (χ3n) is 5.30. The first-order valence-corrected chi connectivity index (χ1v) is 10.1. The van der Waals surface area contributed by atoms with E-state index in [4.69, 9.17) is 0 Å². The molecule has 1 aromatic carbocycles. The van der Waals surface area contributed by atoms with Gasteiger partial charge in [-0.15, -0.1) is 0 Å². The SMILES string of the molecule is CCCCCCNC(=O)c1c(C)[nH]c(/C=C2\C(=O)Nc3ccc([N+](=O)[O-])cc32)c1C. The Balaban J connectivity index is 1.86. The van der Waals surface area contributed by atoms with E-state index < -0.39 is 4.92 Å². The number of benzene rings is 1. The van der Waals surface area contributed by atoms with Gasteiger partial charge in [-0.2, -0.15) is 0 Å². The number of amides is 2. The van der Waals surface area contributed by atoms with Gasteiger partial charge in [0.15, 0.2) is 0 Å². The average molecular weight is 410 g/mol. The fourth-order valence-corrected chi connectivity index (χ4v) is 3.68. The normalized spacial score (nSPS) is 14.0. The number of nitrogens with one attached hydrogen (secondary N) is 3. The molecule has 3 N–H and O–H groups in total. The maximum Gasteiger partial charge on any atom is 0.270 e. The van der Waals surface area contributed by atoms with Gasteiger partial charge in [-0.3, -0.25) is 19.7 Å². The Bertz CT molecular complexity index is 1040. The lowest BCUT2D eigenvalue weighted by atomic mass is 10.0. The van der Waals surface area contributed by atoms with Gasteiger partial charge in [0, 0.05) is 41.3 Å². The Morgan fingerprint density at radius 3 is 2.70 bits per heavy atom. The van der Waals surface area contributed by atoms with Crippen LogP contribution in [-0.4, -0.2) is 28.3 Å². The van der Waals surface area contributed by atoms with Gasteiger partial charge in [-0.05, 0) is 38.0 Å². The second kappa shape index (κ2) is 8.94. The van der Waals surface area contributed by atoms with Crippen LogP contribution in [0, 0.1) is 24.0 Å². The molecule has 0 radical (unpaired) electrons. The Morgan fingerprint density at radius 1 is 1.23 bits per heavy atom. The minimum Gasteiger partial charge on any atom is -0.358 e. The number of aromatic amines is 1. The topological polar surface area (TPSA) is 117 Å². The number of fused-ring (bicyclic) bond motifs is 1. The van der Waals surface area contributed by atoms with Crippen LogP contribution in [0.2, 0.25) is 0 Å². The lowest BCUT2D eigenvalue weighted by molar-refractivity contribution is -0.384. The predicted octanol–water partition coefficient (Wildman–Crippen LogP) is 4.34. The van der Waals surface area contributed by atoms with Crippen LogP contribution in [0.1, 0.15) is 65.5 Å². The smallest absolute Gasteiger partial charge is 0.270 e. The number of aromatic nitrogens is 1. The molecule has 158 valence electrons. The first-order chi connectivity index (χ1) is 14.3. The lowest BCUT2D eigenvalue weighted by Gasteiger charge is -2.06. The summed E-state index contributed by atoms with van der Waals surface area (Å²) >= 11 is 0. The van der Waals surface area contributed by atoms with Gasteiger partial charge in [0.05, 0.1) is 16.1 Å². The largest absolute Gasteiger partial charge is 0.358 e. The van der Waals surface area contributed by atoms with Gasteiger partial charge in [0.1, 0.15) is 0 Å². The number of carbonyl (C=O) groups is 2. The summed E-state index contributed by atoms with van der Waals surface area (Å²) in [6.07, 6.45) is 5.96. The van der Waals surface area contributed by atoms with Crippen molar-refractivity contribution in [1.29, 1.82) is 0 Å². The van der Waals surface area contributed by atoms with Gasteiger partial charge in [0.25, 0.3) is 17.5 Å². The first kappa shape index (κ1) is 21.3. The highest BCUT2D eigenvalue weighted by Crippen LogP contribution is 2.36. The van der Waals surface area contributed by atoms with Crippen LogP contribution in [0.3, 0.4) is 0 Å². The van der Waals surface area contributed by atoms with Gasteiger partial charge in [-0.25, -0.2) is 0 Å². The van der Waals surface area contributed by atoms with Crippen LogP contribution >= 0.6 is 0 Å². The molecular formula is C22H26N4O4. The second-order valence-corrected chi connectivity index (χ2v) is 7.48. The number of carbonyl (C=O) groups excluding carboxylic acids is 2. The van der Waals surface area contributed by atoms with Gasteiger partial charge in [-0.1, -0.05) is 26.2 Å². The van der Waals surface area contributed by atoms with Gasteiger partial charge < -0.3 is 15.6 Å². The summed E-state index contributed by atoms with van der Waals surface area (Å²) in [5.41, 5.74) is 3.89. The predicted molar refractivity (Wildman–Crippen MR) is 116 cm³/mol.